The molecule has 0 bridgehead atoms. The highest BCUT2D eigenvalue weighted by Gasteiger charge is 2.40. The van der Waals surface area contributed by atoms with Gasteiger partial charge in [-0.15, -0.1) is 0 Å². The number of hydrogen-bond donors (Lipinski definition) is 1. The predicted molar refractivity (Wildman–Crippen MR) is 78.4 cm³/mol. The van der Waals surface area contributed by atoms with E-state index in [9.17, 15) is 34.6 Å². The molecule has 25 heavy (non-hydrogen) atoms. The van der Waals surface area contributed by atoms with Gasteiger partial charge in [-0.25, -0.2) is 0 Å². The summed E-state index contributed by atoms with van der Waals surface area (Å²) in [6.07, 6.45) is -2.20. The molecule has 0 aromatic carbocycles. The number of nitrogens with zero attached hydrogens (tertiary/aromatic N) is 2. The van der Waals surface area contributed by atoms with E-state index in [2.05, 4.69) is 5.32 Å². The highest BCUT2D eigenvalue weighted by Crippen LogP contribution is 2.10. The smallest absolute Gasteiger partial charge is 0.462 e. The van der Waals surface area contributed by atoms with E-state index in [1.165, 1.54) is 0 Å². The summed E-state index contributed by atoms with van der Waals surface area (Å²) in [7, 11) is 0. The Hall–Kier alpha value is -2.83. The molecule has 1 N–H and O–H groups in total. The van der Waals surface area contributed by atoms with E-state index in [4.69, 9.17) is 14.2 Å². The van der Waals surface area contributed by atoms with Crippen LogP contribution >= 0.6 is 0 Å². The van der Waals surface area contributed by atoms with E-state index >= 15 is 0 Å². The second-order valence-electron chi connectivity index (χ2n) is 5.05. The average Bonchev–Trinajstić information content (AvgIpc) is 2.47. The number of nitrogens with one attached hydrogen (secondary N) is 1. The van der Waals surface area contributed by atoms with E-state index in [0.29, 0.717) is 0 Å². The largest absolute Gasteiger partial charge is 0.464 e. The van der Waals surface area contributed by atoms with Crippen LogP contribution in [0, 0.1) is 20.2 Å². The molecule has 13 nitrogen and oxygen atoms in total. The molecule has 0 fully saturated rings. The summed E-state index contributed by atoms with van der Waals surface area (Å²) in [5.74, 6) is -2.18. The van der Waals surface area contributed by atoms with Crippen molar-refractivity contribution < 1.29 is 38.4 Å². The molecule has 0 heterocycles. The predicted octanol–water partition coefficient (Wildman–Crippen LogP) is -1.12. The van der Waals surface area contributed by atoms with Crippen molar-refractivity contribution in [2.75, 3.05) is 26.4 Å². The molecule has 0 rings (SSSR count). The molecular formula is C12H19N3O10. The molecule has 0 spiro atoms. The van der Waals surface area contributed by atoms with Gasteiger partial charge in [0, 0.05) is 20.8 Å². The van der Waals surface area contributed by atoms with Crippen molar-refractivity contribution in [1.29, 1.82) is 0 Å². The fraction of sp³-hybridized carbons (Fsp3) is 0.750. The minimum absolute atomic E-state index is 0.509. The molecule has 0 aromatic heterocycles. The quantitative estimate of drug-likeness (QED) is 0.154. The van der Waals surface area contributed by atoms with Crippen LogP contribution in [-0.4, -0.2) is 65.8 Å². The van der Waals surface area contributed by atoms with Crippen molar-refractivity contribution in [1.82, 2.24) is 5.32 Å². The Balaban J connectivity index is 5.39. The van der Waals surface area contributed by atoms with Gasteiger partial charge in [-0.2, -0.15) is 0 Å². The highest BCUT2D eigenvalue weighted by molar-refractivity contribution is 5.67. The number of hydrogen-bond acceptors (Lipinski definition) is 11. The van der Waals surface area contributed by atoms with Crippen LogP contribution in [0.15, 0.2) is 0 Å². The molecule has 0 aliphatic rings. The molecule has 0 unspecified atom stereocenters. The van der Waals surface area contributed by atoms with Crippen molar-refractivity contribution in [3.8, 4) is 0 Å². The van der Waals surface area contributed by atoms with Gasteiger partial charge in [0.25, 0.3) is 0 Å². The third-order valence-electron chi connectivity index (χ3n) is 2.80. The van der Waals surface area contributed by atoms with Crippen molar-refractivity contribution in [3.05, 3.63) is 20.2 Å². The lowest BCUT2D eigenvalue weighted by Gasteiger charge is -2.32. The Morgan fingerprint density at radius 1 is 0.880 bits per heavy atom. The van der Waals surface area contributed by atoms with Gasteiger partial charge in [-0.3, -0.25) is 39.9 Å². The third-order valence-corrected chi connectivity index (χ3v) is 2.80. The van der Waals surface area contributed by atoms with Crippen LogP contribution in [0.1, 0.15) is 20.8 Å². The maximum absolute atomic E-state index is 11.0. The van der Waals surface area contributed by atoms with Gasteiger partial charge in [0.05, 0.1) is 9.85 Å². The van der Waals surface area contributed by atoms with Crippen LogP contribution in [0.4, 0.5) is 0 Å². The maximum Gasteiger partial charge on any atom is 0.462 e. The Labute approximate surface area is 141 Å². The summed E-state index contributed by atoms with van der Waals surface area (Å²) < 4.78 is 14.4. The minimum Gasteiger partial charge on any atom is -0.464 e. The van der Waals surface area contributed by atoms with Gasteiger partial charge in [0.15, 0.2) is 0 Å². The molecule has 13 heteroatoms. The maximum atomic E-state index is 11.0. The summed E-state index contributed by atoms with van der Waals surface area (Å²) in [4.78, 5) is 52.3. The molecule has 0 saturated carbocycles. The van der Waals surface area contributed by atoms with Gasteiger partial charge in [-0.1, -0.05) is 0 Å². The monoisotopic (exact) mass is 365 g/mol. The Morgan fingerprint density at radius 2 is 1.20 bits per heavy atom. The Bertz CT molecular complexity index is 476. The van der Waals surface area contributed by atoms with Crippen LogP contribution in [0.25, 0.3) is 0 Å². The molecule has 0 aromatic rings. The zero-order chi connectivity index (χ0) is 19.6. The summed E-state index contributed by atoms with van der Waals surface area (Å²) >= 11 is 0. The number of ether oxygens (including phenoxy) is 3. The first-order valence-electron chi connectivity index (χ1n) is 6.91. The molecule has 0 radical (unpaired) electrons. The first-order valence-corrected chi connectivity index (χ1v) is 6.91. The van der Waals surface area contributed by atoms with Gasteiger partial charge < -0.3 is 14.2 Å². The van der Waals surface area contributed by atoms with E-state index < -0.39 is 65.8 Å². The zero-order valence-corrected chi connectivity index (χ0v) is 13.9. The minimum atomic E-state index is -2.20. The molecule has 0 amide bonds. The van der Waals surface area contributed by atoms with Crippen LogP contribution in [0.2, 0.25) is 0 Å². The Morgan fingerprint density at radius 3 is 1.44 bits per heavy atom. The normalized spacial score (nSPS) is 10.9. The molecule has 0 saturated heterocycles. The lowest BCUT2D eigenvalue weighted by molar-refractivity contribution is -0.739. The first kappa shape index (κ1) is 22.2. The van der Waals surface area contributed by atoms with Gasteiger partial charge in [-0.05, 0) is 0 Å². The van der Waals surface area contributed by atoms with Crippen molar-refractivity contribution in [2.45, 2.75) is 32.5 Å². The zero-order valence-electron chi connectivity index (χ0n) is 13.9. The summed E-state index contributed by atoms with van der Waals surface area (Å²) in [6.45, 7) is 0.933. The highest BCUT2D eigenvalue weighted by atomic mass is 16.7. The van der Waals surface area contributed by atoms with Gasteiger partial charge in [0.2, 0.25) is 0 Å². The molecule has 142 valence electrons. The molecule has 0 aliphatic carbocycles. The summed E-state index contributed by atoms with van der Waals surface area (Å²) in [5, 5.41) is 23.9. The summed E-state index contributed by atoms with van der Waals surface area (Å²) in [5.41, 5.74) is -1.59. The third kappa shape index (κ3) is 9.14. The number of esters is 3. The van der Waals surface area contributed by atoms with Gasteiger partial charge >= 0.3 is 24.1 Å². The van der Waals surface area contributed by atoms with E-state index in [0.717, 1.165) is 20.8 Å². The first-order chi connectivity index (χ1) is 11.5. The van der Waals surface area contributed by atoms with E-state index in [1.807, 2.05) is 0 Å². The van der Waals surface area contributed by atoms with Crippen molar-refractivity contribution in [3.63, 3.8) is 0 Å². The molecular weight excluding hydrogens is 346 g/mol. The SMILES string of the molecule is CC(=O)OCC(COC(C)=O)(COC(C)=O)NCC([N+](=O)[O-])[N+](=O)[O-]. The molecule has 0 aliphatic heterocycles. The molecule has 0 atom stereocenters. The fourth-order valence-electron chi connectivity index (χ4n) is 1.53. The van der Waals surface area contributed by atoms with Crippen LogP contribution < -0.4 is 5.32 Å². The standard InChI is InChI=1S/C12H19N3O10/c1-8(16)23-5-12(6-24-9(2)17,7-25-10(3)18)13-4-11(14(19)20)15(21)22/h11,13H,4-7H2,1-3H3. The van der Waals surface area contributed by atoms with Crippen LogP contribution in [0.5, 0.6) is 0 Å². The lowest BCUT2D eigenvalue weighted by Crippen LogP contribution is -2.60. The second kappa shape index (κ2) is 10.1. The topological polar surface area (TPSA) is 177 Å². The Kier molecular flexibility index (Phi) is 8.98. The van der Waals surface area contributed by atoms with Crippen molar-refractivity contribution >= 4 is 17.9 Å². The van der Waals surface area contributed by atoms with Crippen LogP contribution in [-0.2, 0) is 28.6 Å². The number of rotatable bonds is 11. The average molecular weight is 365 g/mol. The lowest BCUT2D eigenvalue weighted by atomic mass is 10.0. The summed E-state index contributed by atoms with van der Waals surface area (Å²) in [6, 6.07) is 0. The number of nitro groups is 2. The fourth-order valence-corrected chi connectivity index (χ4v) is 1.53. The van der Waals surface area contributed by atoms with E-state index in [1.54, 1.807) is 0 Å². The van der Waals surface area contributed by atoms with E-state index in [-0.39, 0.29) is 0 Å². The second-order valence-corrected chi connectivity index (χ2v) is 5.05. The number of carbonyl (C=O) groups is 3. The van der Waals surface area contributed by atoms with Gasteiger partial charge in [0.1, 0.15) is 31.9 Å². The number of carbonyl (C=O) groups excluding carboxylic acids is 3. The van der Waals surface area contributed by atoms with Crippen LogP contribution in [0.3, 0.4) is 0 Å². The van der Waals surface area contributed by atoms with Crippen molar-refractivity contribution in [2.24, 2.45) is 0 Å².